The second-order valence-corrected chi connectivity index (χ2v) is 5.23. The van der Waals surface area contributed by atoms with Crippen molar-refractivity contribution >= 4 is 29.0 Å². The second-order valence-electron chi connectivity index (χ2n) is 4.23. The van der Waals surface area contributed by atoms with Crippen molar-refractivity contribution in [2.45, 2.75) is 6.42 Å². The lowest BCUT2D eigenvalue weighted by Crippen LogP contribution is -2.29. The van der Waals surface area contributed by atoms with Crippen molar-refractivity contribution in [2.75, 3.05) is 20.3 Å². The molecule has 2 rings (SSSR count). The SMILES string of the molecule is COCCCN1C(=O)S/C(=C/c2cccc(F)c2)C1=O. The number of nitrogens with zero attached hydrogens (tertiary/aromatic N) is 1. The minimum absolute atomic E-state index is 0.297. The lowest BCUT2D eigenvalue weighted by atomic mass is 10.2. The number of halogens is 1. The minimum atomic E-state index is -0.377. The lowest BCUT2D eigenvalue weighted by Gasteiger charge is -2.11. The van der Waals surface area contributed by atoms with Crippen LogP contribution in [-0.4, -0.2) is 36.3 Å². The number of carbonyl (C=O) groups is 2. The lowest BCUT2D eigenvalue weighted by molar-refractivity contribution is -0.122. The van der Waals surface area contributed by atoms with Crippen LogP contribution in [0.1, 0.15) is 12.0 Å². The summed E-state index contributed by atoms with van der Waals surface area (Å²) in [4.78, 5) is 25.3. The molecule has 0 atom stereocenters. The zero-order valence-corrected chi connectivity index (χ0v) is 11.8. The first-order chi connectivity index (χ1) is 9.61. The third-order valence-electron chi connectivity index (χ3n) is 2.75. The van der Waals surface area contributed by atoms with Crippen LogP contribution in [0.3, 0.4) is 0 Å². The molecule has 6 heteroatoms. The number of carbonyl (C=O) groups excluding carboxylic acids is 2. The van der Waals surface area contributed by atoms with Crippen LogP contribution >= 0.6 is 11.8 Å². The Kier molecular flexibility index (Phi) is 4.92. The molecule has 1 aliphatic rings. The fourth-order valence-corrected chi connectivity index (χ4v) is 2.67. The molecule has 0 aliphatic carbocycles. The smallest absolute Gasteiger partial charge is 0.293 e. The van der Waals surface area contributed by atoms with Gasteiger partial charge in [-0.1, -0.05) is 12.1 Å². The number of hydrogen-bond donors (Lipinski definition) is 0. The number of imide groups is 1. The summed E-state index contributed by atoms with van der Waals surface area (Å²) in [6.45, 7) is 0.823. The molecule has 1 saturated heterocycles. The van der Waals surface area contributed by atoms with Crippen molar-refractivity contribution in [1.29, 1.82) is 0 Å². The first-order valence-corrected chi connectivity index (χ1v) is 6.93. The van der Waals surface area contributed by atoms with Gasteiger partial charge in [-0.3, -0.25) is 14.5 Å². The third kappa shape index (κ3) is 3.46. The Morgan fingerprint density at radius 1 is 1.40 bits per heavy atom. The van der Waals surface area contributed by atoms with Crippen LogP contribution in [0.15, 0.2) is 29.2 Å². The molecule has 1 aliphatic heterocycles. The van der Waals surface area contributed by atoms with Gasteiger partial charge in [0, 0.05) is 20.3 Å². The van der Waals surface area contributed by atoms with Gasteiger partial charge in [0.1, 0.15) is 5.82 Å². The number of hydrogen-bond acceptors (Lipinski definition) is 4. The number of rotatable bonds is 5. The van der Waals surface area contributed by atoms with E-state index in [1.165, 1.54) is 23.1 Å². The Hall–Kier alpha value is -1.66. The van der Waals surface area contributed by atoms with Crippen molar-refractivity contribution in [3.8, 4) is 0 Å². The zero-order valence-electron chi connectivity index (χ0n) is 11.0. The largest absolute Gasteiger partial charge is 0.385 e. The molecule has 4 nitrogen and oxygen atoms in total. The molecule has 0 spiro atoms. The number of benzene rings is 1. The van der Waals surface area contributed by atoms with Crippen molar-refractivity contribution < 1.29 is 18.7 Å². The Bertz CT molecular complexity index is 559. The van der Waals surface area contributed by atoms with Gasteiger partial charge in [0.2, 0.25) is 0 Å². The predicted molar refractivity (Wildman–Crippen MR) is 75.6 cm³/mol. The molecule has 0 aromatic heterocycles. The van der Waals surface area contributed by atoms with Crippen LogP contribution < -0.4 is 0 Å². The Balaban J connectivity index is 2.11. The summed E-state index contributed by atoms with van der Waals surface area (Å²) in [6, 6.07) is 5.89. The van der Waals surface area contributed by atoms with Gasteiger partial charge < -0.3 is 4.74 Å². The van der Waals surface area contributed by atoms with Crippen LogP contribution in [0, 0.1) is 5.82 Å². The van der Waals surface area contributed by atoms with Gasteiger partial charge in [0.05, 0.1) is 4.91 Å². The van der Waals surface area contributed by atoms with E-state index in [1.807, 2.05) is 0 Å². The molecule has 20 heavy (non-hydrogen) atoms. The summed E-state index contributed by atoms with van der Waals surface area (Å²) < 4.78 is 18.0. The van der Waals surface area contributed by atoms with E-state index < -0.39 is 0 Å². The fourth-order valence-electron chi connectivity index (χ4n) is 1.81. The molecule has 0 bridgehead atoms. The van der Waals surface area contributed by atoms with E-state index in [4.69, 9.17) is 4.74 Å². The third-order valence-corrected chi connectivity index (χ3v) is 3.66. The monoisotopic (exact) mass is 295 g/mol. The molecule has 1 aromatic carbocycles. The van der Waals surface area contributed by atoms with Crippen LogP contribution in [0.2, 0.25) is 0 Å². The molecule has 0 radical (unpaired) electrons. The standard InChI is InChI=1S/C14H14FNO3S/c1-19-7-3-6-16-13(17)12(20-14(16)18)9-10-4-2-5-11(15)8-10/h2,4-5,8-9H,3,6-7H2,1H3/b12-9+. The topological polar surface area (TPSA) is 46.6 Å². The number of methoxy groups -OCH3 is 1. The van der Waals surface area contributed by atoms with E-state index in [1.54, 1.807) is 19.2 Å². The Morgan fingerprint density at radius 2 is 2.20 bits per heavy atom. The van der Waals surface area contributed by atoms with E-state index in [0.717, 1.165) is 11.8 Å². The number of thioether (sulfide) groups is 1. The highest BCUT2D eigenvalue weighted by Gasteiger charge is 2.34. The molecule has 1 heterocycles. The van der Waals surface area contributed by atoms with Gasteiger partial charge in [-0.15, -0.1) is 0 Å². The van der Waals surface area contributed by atoms with Crippen LogP contribution in [-0.2, 0) is 9.53 Å². The minimum Gasteiger partial charge on any atom is -0.385 e. The summed E-state index contributed by atoms with van der Waals surface area (Å²) in [7, 11) is 1.57. The van der Waals surface area contributed by atoms with Gasteiger partial charge in [0.25, 0.3) is 11.1 Å². The van der Waals surface area contributed by atoms with Gasteiger partial charge in [-0.05, 0) is 42.0 Å². The summed E-state index contributed by atoms with van der Waals surface area (Å²) in [5.74, 6) is -0.710. The molecular weight excluding hydrogens is 281 g/mol. The maximum atomic E-state index is 13.1. The van der Waals surface area contributed by atoms with Crippen molar-refractivity contribution in [1.82, 2.24) is 4.90 Å². The summed E-state index contributed by atoms with van der Waals surface area (Å²) >= 11 is 0.876. The first kappa shape index (κ1) is 14.7. The molecule has 1 fully saturated rings. The Morgan fingerprint density at radius 3 is 2.90 bits per heavy atom. The van der Waals surface area contributed by atoms with Crippen LogP contribution in [0.25, 0.3) is 6.08 Å². The average Bonchev–Trinajstić information content (AvgIpc) is 2.66. The predicted octanol–water partition coefficient (Wildman–Crippen LogP) is 2.90. The summed E-state index contributed by atoms with van der Waals surface area (Å²) in [6.07, 6.45) is 2.13. The summed E-state index contributed by atoms with van der Waals surface area (Å²) in [5.41, 5.74) is 0.562. The molecule has 0 N–H and O–H groups in total. The van der Waals surface area contributed by atoms with E-state index in [-0.39, 0.29) is 17.0 Å². The van der Waals surface area contributed by atoms with Gasteiger partial charge in [-0.2, -0.15) is 0 Å². The van der Waals surface area contributed by atoms with E-state index in [0.29, 0.717) is 30.0 Å². The maximum Gasteiger partial charge on any atom is 0.293 e. The highest BCUT2D eigenvalue weighted by molar-refractivity contribution is 8.18. The molecule has 0 unspecified atom stereocenters. The number of ether oxygens (including phenoxy) is 1. The molecular formula is C14H14FNO3S. The van der Waals surface area contributed by atoms with Gasteiger partial charge in [-0.25, -0.2) is 4.39 Å². The van der Waals surface area contributed by atoms with Crippen molar-refractivity contribution in [3.63, 3.8) is 0 Å². The molecule has 2 amide bonds. The average molecular weight is 295 g/mol. The number of amides is 2. The van der Waals surface area contributed by atoms with E-state index in [9.17, 15) is 14.0 Å². The normalized spacial score (nSPS) is 17.3. The Labute approximate surface area is 120 Å². The molecule has 0 saturated carbocycles. The highest BCUT2D eigenvalue weighted by Crippen LogP contribution is 2.32. The second kappa shape index (κ2) is 6.67. The van der Waals surface area contributed by atoms with Gasteiger partial charge >= 0.3 is 0 Å². The van der Waals surface area contributed by atoms with E-state index >= 15 is 0 Å². The van der Waals surface area contributed by atoms with Crippen molar-refractivity contribution in [2.24, 2.45) is 0 Å². The molecule has 1 aromatic rings. The first-order valence-electron chi connectivity index (χ1n) is 6.11. The fraction of sp³-hybridized carbons (Fsp3) is 0.286. The quantitative estimate of drug-likeness (QED) is 0.619. The van der Waals surface area contributed by atoms with Crippen LogP contribution in [0.4, 0.5) is 9.18 Å². The van der Waals surface area contributed by atoms with Crippen LogP contribution in [0.5, 0.6) is 0 Å². The van der Waals surface area contributed by atoms with E-state index in [2.05, 4.69) is 0 Å². The van der Waals surface area contributed by atoms with Crippen molar-refractivity contribution in [3.05, 3.63) is 40.6 Å². The highest BCUT2D eigenvalue weighted by atomic mass is 32.2. The summed E-state index contributed by atoms with van der Waals surface area (Å²) in [5, 5.41) is -0.297. The maximum absolute atomic E-state index is 13.1. The van der Waals surface area contributed by atoms with Gasteiger partial charge in [0.15, 0.2) is 0 Å². The molecule has 106 valence electrons. The zero-order chi connectivity index (χ0) is 14.5.